The molecule has 0 amide bonds. The summed E-state index contributed by atoms with van der Waals surface area (Å²) < 4.78 is 0. The summed E-state index contributed by atoms with van der Waals surface area (Å²) in [7, 11) is 0. The molecule has 0 saturated heterocycles. The minimum atomic E-state index is 0.683. The van der Waals surface area contributed by atoms with Crippen molar-refractivity contribution in [2.45, 2.75) is 0 Å². The molecule has 0 saturated carbocycles. The third kappa shape index (κ3) is 5.61. The van der Waals surface area contributed by atoms with Gasteiger partial charge in [0, 0.05) is 27.6 Å². The summed E-state index contributed by atoms with van der Waals surface area (Å²) in [4.78, 5) is 15.5. The van der Waals surface area contributed by atoms with Gasteiger partial charge in [0.05, 0.1) is 22.6 Å². The van der Waals surface area contributed by atoms with Crippen LogP contribution in [-0.2, 0) is 0 Å². The number of aromatic nitrogens is 3. The predicted octanol–water partition coefficient (Wildman–Crippen LogP) is 12.2. The minimum Gasteiger partial charge on any atom is -0.248 e. The van der Waals surface area contributed by atoms with Gasteiger partial charge in [0.15, 0.2) is 5.82 Å². The highest BCUT2D eigenvalue weighted by Crippen LogP contribution is 2.38. The fraction of sp³-hybridized carbons (Fsp3) is 0. The van der Waals surface area contributed by atoms with Crippen molar-refractivity contribution in [1.29, 1.82) is 0 Å². The average molecular weight is 638 g/mol. The molecule has 234 valence electrons. The molecule has 7 aromatic carbocycles. The summed E-state index contributed by atoms with van der Waals surface area (Å²) in [6.45, 7) is 0. The number of benzene rings is 7. The highest BCUT2D eigenvalue weighted by atomic mass is 14.9. The van der Waals surface area contributed by atoms with E-state index in [4.69, 9.17) is 15.0 Å². The zero-order chi connectivity index (χ0) is 33.3. The van der Waals surface area contributed by atoms with Crippen LogP contribution in [0.2, 0.25) is 0 Å². The second-order valence-electron chi connectivity index (χ2n) is 12.5. The van der Waals surface area contributed by atoms with Gasteiger partial charge in [-0.3, -0.25) is 0 Å². The van der Waals surface area contributed by atoms with Crippen LogP contribution in [0, 0.1) is 0 Å². The predicted molar refractivity (Wildman–Crippen MR) is 207 cm³/mol. The van der Waals surface area contributed by atoms with Gasteiger partial charge in [0.25, 0.3) is 0 Å². The average Bonchev–Trinajstić information content (AvgIpc) is 3.21. The molecule has 0 aliphatic carbocycles. The zero-order valence-corrected chi connectivity index (χ0v) is 27.2. The molecular formula is C47H31N3. The highest BCUT2D eigenvalue weighted by molar-refractivity contribution is 6.14. The first-order valence-electron chi connectivity index (χ1n) is 16.9. The molecular weight excluding hydrogens is 607 g/mol. The third-order valence-electron chi connectivity index (χ3n) is 9.29. The topological polar surface area (TPSA) is 38.7 Å². The maximum Gasteiger partial charge on any atom is 0.160 e. The quantitative estimate of drug-likeness (QED) is 0.170. The van der Waals surface area contributed by atoms with Crippen LogP contribution in [0.1, 0.15) is 0 Å². The molecule has 2 aromatic heterocycles. The van der Waals surface area contributed by atoms with Crippen LogP contribution in [0.5, 0.6) is 0 Å². The first-order chi connectivity index (χ1) is 24.8. The number of hydrogen-bond donors (Lipinski definition) is 0. The van der Waals surface area contributed by atoms with Crippen molar-refractivity contribution < 1.29 is 0 Å². The molecule has 9 rings (SSSR count). The maximum atomic E-state index is 5.20. The first-order valence-corrected chi connectivity index (χ1v) is 16.9. The summed E-state index contributed by atoms with van der Waals surface area (Å²) in [6.07, 6.45) is 0. The Morgan fingerprint density at radius 3 is 1.34 bits per heavy atom. The monoisotopic (exact) mass is 637 g/mol. The summed E-state index contributed by atoms with van der Waals surface area (Å²) in [5.41, 5.74) is 12.5. The van der Waals surface area contributed by atoms with Crippen molar-refractivity contribution in [2.75, 3.05) is 0 Å². The molecule has 3 nitrogen and oxygen atoms in total. The molecule has 0 unspecified atom stereocenters. The van der Waals surface area contributed by atoms with Crippen molar-refractivity contribution in [2.24, 2.45) is 0 Å². The molecule has 0 fully saturated rings. The second kappa shape index (κ2) is 12.7. The fourth-order valence-corrected chi connectivity index (χ4v) is 6.74. The largest absolute Gasteiger partial charge is 0.248 e. The Kier molecular flexibility index (Phi) is 7.49. The number of hydrogen-bond acceptors (Lipinski definition) is 3. The summed E-state index contributed by atoms with van der Waals surface area (Å²) >= 11 is 0. The van der Waals surface area contributed by atoms with Gasteiger partial charge in [-0.15, -0.1) is 0 Å². The maximum absolute atomic E-state index is 5.20. The van der Waals surface area contributed by atoms with Crippen LogP contribution in [0.15, 0.2) is 188 Å². The molecule has 0 N–H and O–H groups in total. The minimum absolute atomic E-state index is 0.683. The Morgan fingerprint density at radius 2 is 0.740 bits per heavy atom. The third-order valence-corrected chi connectivity index (χ3v) is 9.29. The van der Waals surface area contributed by atoms with Gasteiger partial charge in [-0.1, -0.05) is 164 Å². The van der Waals surface area contributed by atoms with Gasteiger partial charge >= 0.3 is 0 Å². The lowest BCUT2D eigenvalue weighted by atomic mass is 9.93. The molecule has 0 aliphatic rings. The van der Waals surface area contributed by atoms with E-state index in [-0.39, 0.29) is 0 Å². The van der Waals surface area contributed by atoms with E-state index in [1.54, 1.807) is 0 Å². The molecule has 50 heavy (non-hydrogen) atoms. The Labute approximate surface area is 291 Å². The number of pyridine rings is 1. The van der Waals surface area contributed by atoms with E-state index >= 15 is 0 Å². The Bertz CT molecular complexity index is 2600. The van der Waals surface area contributed by atoms with Crippen molar-refractivity contribution >= 4 is 21.7 Å². The van der Waals surface area contributed by atoms with Crippen molar-refractivity contribution in [3.63, 3.8) is 0 Å². The van der Waals surface area contributed by atoms with Gasteiger partial charge < -0.3 is 0 Å². The smallest absolute Gasteiger partial charge is 0.160 e. The molecule has 0 bridgehead atoms. The van der Waals surface area contributed by atoms with Crippen LogP contribution in [0.25, 0.3) is 89.1 Å². The summed E-state index contributed by atoms with van der Waals surface area (Å²) in [6, 6.07) is 65.6. The van der Waals surface area contributed by atoms with Gasteiger partial charge in [0.2, 0.25) is 0 Å². The van der Waals surface area contributed by atoms with Crippen molar-refractivity contribution in [1.82, 2.24) is 15.0 Å². The zero-order valence-electron chi connectivity index (χ0n) is 27.2. The molecule has 9 aromatic rings. The van der Waals surface area contributed by atoms with Crippen LogP contribution >= 0.6 is 0 Å². The molecule has 0 radical (unpaired) electrons. The van der Waals surface area contributed by atoms with E-state index in [0.717, 1.165) is 72.1 Å². The molecule has 0 atom stereocenters. The Hall–Kier alpha value is -6.71. The second-order valence-corrected chi connectivity index (χ2v) is 12.5. The number of fused-ring (bicyclic) bond motifs is 3. The van der Waals surface area contributed by atoms with Crippen LogP contribution < -0.4 is 0 Å². The molecule has 3 heteroatoms. The van der Waals surface area contributed by atoms with E-state index in [0.29, 0.717) is 5.82 Å². The fourth-order valence-electron chi connectivity index (χ4n) is 6.74. The van der Waals surface area contributed by atoms with Gasteiger partial charge in [-0.25, -0.2) is 15.0 Å². The highest BCUT2D eigenvalue weighted by Gasteiger charge is 2.16. The van der Waals surface area contributed by atoms with Crippen LogP contribution in [-0.4, -0.2) is 15.0 Å². The van der Waals surface area contributed by atoms with Crippen molar-refractivity contribution in [3.8, 4) is 67.4 Å². The molecule has 0 spiro atoms. The summed E-state index contributed by atoms with van der Waals surface area (Å²) in [5, 5.41) is 3.38. The van der Waals surface area contributed by atoms with Crippen LogP contribution in [0.3, 0.4) is 0 Å². The van der Waals surface area contributed by atoms with Crippen molar-refractivity contribution in [3.05, 3.63) is 188 Å². The Morgan fingerprint density at radius 1 is 0.300 bits per heavy atom. The SMILES string of the molecule is c1ccc(-c2ccc(-c3cc(-c4ccccc4)nc(-c4ccc5ccc6nc(-c7ccccc7)cc(-c7ccccc7)c6c5c4)n3)cc2)cc1. The molecule has 0 aliphatic heterocycles. The van der Waals surface area contributed by atoms with Gasteiger partial charge in [-0.2, -0.15) is 0 Å². The van der Waals surface area contributed by atoms with E-state index in [1.807, 2.05) is 18.2 Å². The first kappa shape index (κ1) is 29.4. The van der Waals surface area contributed by atoms with E-state index in [9.17, 15) is 0 Å². The normalized spacial score (nSPS) is 11.2. The molecule has 2 heterocycles. The Balaban J connectivity index is 1.23. The van der Waals surface area contributed by atoms with Crippen LogP contribution in [0.4, 0.5) is 0 Å². The number of nitrogens with zero attached hydrogens (tertiary/aromatic N) is 3. The van der Waals surface area contributed by atoms with Gasteiger partial charge in [-0.05, 0) is 57.3 Å². The lowest BCUT2D eigenvalue weighted by molar-refractivity contribution is 1.18. The summed E-state index contributed by atoms with van der Waals surface area (Å²) in [5.74, 6) is 0.683. The van der Waals surface area contributed by atoms with E-state index in [2.05, 4.69) is 170 Å². The number of rotatable bonds is 6. The lowest BCUT2D eigenvalue weighted by Gasteiger charge is -2.14. The standard InChI is InChI=1S/C47H31N3/c1-5-13-32(14-6-1)33-21-24-38(25-22-33)45-31-44(37-19-11-4-12-20-37)49-47(50-45)39-26-23-35-27-28-42-46(40(35)29-39)41(34-15-7-2-8-16-34)30-43(48-42)36-17-9-3-10-18-36/h1-31H. The van der Waals surface area contributed by atoms with Gasteiger partial charge in [0.1, 0.15) is 0 Å². The van der Waals surface area contributed by atoms with E-state index < -0.39 is 0 Å². The lowest BCUT2D eigenvalue weighted by Crippen LogP contribution is -1.96. The van der Waals surface area contributed by atoms with E-state index in [1.165, 1.54) is 11.1 Å².